The van der Waals surface area contributed by atoms with E-state index < -0.39 is 0 Å². The highest BCUT2D eigenvalue weighted by molar-refractivity contribution is 5.96. The molecule has 1 aliphatic heterocycles. The minimum Gasteiger partial charge on any atom is -0.321 e. The van der Waals surface area contributed by atoms with E-state index in [2.05, 4.69) is 11.4 Å². The van der Waals surface area contributed by atoms with Crippen molar-refractivity contribution in [2.24, 2.45) is 0 Å². The number of nitrogens with zero attached hydrogens (tertiary/aromatic N) is 1. The number of carbonyl (C=O) groups is 2. The monoisotopic (exact) mass is 244 g/mol. The second-order valence-electron chi connectivity index (χ2n) is 4.27. The summed E-state index contributed by atoms with van der Waals surface area (Å²) in [4.78, 5) is 24.9. The van der Waals surface area contributed by atoms with Crippen molar-refractivity contribution in [3.8, 4) is 0 Å². The number of urea groups is 1. The van der Waals surface area contributed by atoms with Crippen LogP contribution in [0.3, 0.4) is 0 Å². The van der Waals surface area contributed by atoms with Gasteiger partial charge in [-0.1, -0.05) is 24.3 Å². The Hall–Kier alpha value is -2.10. The zero-order valence-corrected chi connectivity index (χ0v) is 10.3. The van der Waals surface area contributed by atoms with Crippen molar-refractivity contribution in [2.45, 2.75) is 13.3 Å². The van der Waals surface area contributed by atoms with Gasteiger partial charge in [0, 0.05) is 24.3 Å². The number of hydrogen-bond donors (Lipinski definition) is 1. The van der Waals surface area contributed by atoms with Gasteiger partial charge in [0.1, 0.15) is 0 Å². The summed E-state index contributed by atoms with van der Waals surface area (Å²) in [5.41, 5.74) is 1.26. The fraction of sp³-hybridized carbons (Fsp3) is 0.286. The lowest BCUT2D eigenvalue weighted by molar-refractivity contribution is 0.101. The highest BCUT2D eigenvalue weighted by Gasteiger charge is 2.13. The highest BCUT2D eigenvalue weighted by Crippen LogP contribution is 2.12. The molecule has 2 amide bonds. The molecule has 0 aromatic heterocycles. The van der Waals surface area contributed by atoms with Gasteiger partial charge in [-0.05, 0) is 25.5 Å². The molecule has 94 valence electrons. The molecule has 4 heteroatoms. The highest BCUT2D eigenvalue weighted by atomic mass is 16.2. The van der Waals surface area contributed by atoms with Gasteiger partial charge in [0.05, 0.1) is 0 Å². The Bertz CT molecular complexity index is 494. The van der Waals surface area contributed by atoms with Gasteiger partial charge < -0.3 is 10.2 Å². The first-order valence-electron chi connectivity index (χ1n) is 5.99. The van der Waals surface area contributed by atoms with Crippen molar-refractivity contribution in [2.75, 3.05) is 18.4 Å². The summed E-state index contributed by atoms with van der Waals surface area (Å²) in [7, 11) is 0. The Morgan fingerprint density at radius 3 is 2.78 bits per heavy atom. The van der Waals surface area contributed by atoms with Crippen LogP contribution >= 0.6 is 0 Å². The number of amides is 2. The molecule has 1 aromatic carbocycles. The lowest BCUT2D eigenvalue weighted by atomic mass is 10.1. The zero-order chi connectivity index (χ0) is 13.0. The predicted molar refractivity (Wildman–Crippen MR) is 70.8 cm³/mol. The van der Waals surface area contributed by atoms with E-state index in [4.69, 9.17) is 0 Å². The van der Waals surface area contributed by atoms with Gasteiger partial charge in [0.2, 0.25) is 0 Å². The topological polar surface area (TPSA) is 49.4 Å². The maximum Gasteiger partial charge on any atom is 0.322 e. The molecule has 0 aliphatic carbocycles. The van der Waals surface area contributed by atoms with Crippen molar-refractivity contribution in [1.29, 1.82) is 0 Å². The van der Waals surface area contributed by atoms with E-state index >= 15 is 0 Å². The third-order valence-electron chi connectivity index (χ3n) is 2.87. The molecule has 0 radical (unpaired) electrons. The first-order valence-corrected chi connectivity index (χ1v) is 5.99. The largest absolute Gasteiger partial charge is 0.322 e. The molecule has 0 saturated heterocycles. The zero-order valence-electron chi connectivity index (χ0n) is 10.3. The number of rotatable bonds is 2. The van der Waals surface area contributed by atoms with Crippen LogP contribution < -0.4 is 5.32 Å². The summed E-state index contributed by atoms with van der Waals surface area (Å²) < 4.78 is 0. The van der Waals surface area contributed by atoms with Gasteiger partial charge in [-0.3, -0.25) is 4.79 Å². The molecule has 0 unspecified atom stereocenters. The van der Waals surface area contributed by atoms with Crippen LogP contribution in [0, 0.1) is 0 Å². The van der Waals surface area contributed by atoms with Crippen LogP contribution in [0.1, 0.15) is 23.7 Å². The summed E-state index contributed by atoms with van der Waals surface area (Å²) in [6, 6.07) is 6.86. The number of benzene rings is 1. The van der Waals surface area contributed by atoms with Crippen molar-refractivity contribution < 1.29 is 9.59 Å². The van der Waals surface area contributed by atoms with E-state index in [0.29, 0.717) is 17.8 Å². The molecular formula is C14H16N2O2. The summed E-state index contributed by atoms with van der Waals surface area (Å²) >= 11 is 0. The molecule has 1 heterocycles. The summed E-state index contributed by atoms with van der Waals surface area (Å²) in [5, 5.41) is 2.81. The summed E-state index contributed by atoms with van der Waals surface area (Å²) in [5.74, 6) is -0.00740. The Morgan fingerprint density at radius 1 is 1.28 bits per heavy atom. The van der Waals surface area contributed by atoms with Crippen molar-refractivity contribution in [3.05, 3.63) is 42.0 Å². The number of carbonyl (C=O) groups excluding carboxylic acids is 2. The molecule has 2 rings (SSSR count). The van der Waals surface area contributed by atoms with E-state index in [9.17, 15) is 9.59 Å². The Balaban J connectivity index is 2.04. The molecule has 0 saturated carbocycles. The van der Waals surface area contributed by atoms with E-state index in [1.54, 1.807) is 29.2 Å². The van der Waals surface area contributed by atoms with Gasteiger partial charge in [-0.25, -0.2) is 4.79 Å². The molecule has 0 spiro atoms. The van der Waals surface area contributed by atoms with Crippen molar-refractivity contribution >= 4 is 17.5 Å². The average Bonchev–Trinajstić information content (AvgIpc) is 2.40. The minimum atomic E-state index is -0.125. The average molecular weight is 244 g/mol. The van der Waals surface area contributed by atoms with Crippen molar-refractivity contribution in [1.82, 2.24) is 4.90 Å². The van der Waals surface area contributed by atoms with Crippen molar-refractivity contribution in [3.63, 3.8) is 0 Å². The number of nitrogens with one attached hydrogen (secondary N) is 1. The lowest BCUT2D eigenvalue weighted by Gasteiger charge is -2.23. The quantitative estimate of drug-likeness (QED) is 0.642. The number of hydrogen-bond acceptors (Lipinski definition) is 2. The SMILES string of the molecule is CC(=O)c1cccc(NC(=O)N2CC=CCC2)c1. The Morgan fingerprint density at radius 2 is 2.11 bits per heavy atom. The van der Waals surface area contributed by atoms with E-state index in [1.165, 1.54) is 6.92 Å². The smallest absolute Gasteiger partial charge is 0.321 e. The predicted octanol–water partition coefficient (Wildman–Crippen LogP) is 2.68. The molecule has 0 bridgehead atoms. The first kappa shape index (κ1) is 12.4. The van der Waals surface area contributed by atoms with Gasteiger partial charge in [0.15, 0.2) is 5.78 Å². The van der Waals surface area contributed by atoms with Crippen LogP contribution in [0.5, 0.6) is 0 Å². The lowest BCUT2D eigenvalue weighted by Crippen LogP contribution is -2.37. The molecule has 18 heavy (non-hydrogen) atoms. The van der Waals surface area contributed by atoms with Crippen LogP contribution in [-0.4, -0.2) is 29.8 Å². The van der Waals surface area contributed by atoms with Gasteiger partial charge in [-0.2, -0.15) is 0 Å². The second kappa shape index (κ2) is 5.49. The molecule has 1 N–H and O–H groups in total. The molecule has 0 fully saturated rings. The van der Waals surface area contributed by atoms with Crippen LogP contribution in [0.15, 0.2) is 36.4 Å². The molecule has 1 aliphatic rings. The minimum absolute atomic E-state index is 0.00740. The molecule has 0 atom stereocenters. The molecule has 1 aromatic rings. The summed E-state index contributed by atoms with van der Waals surface area (Å²) in [6.07, 6.45) is 4.94. The third kappa shape index (κ3) is 2.97. The van der Waals surface area contributed by atoms with Crippen LogP contribution in [0.4, 0.5) is 10.5 Å². The van der Waals surface area contributed by atoms with E-state index in [-0.39, 0.29) is 11.8 Å². The number of Topliss-reactive ketones (excluding diaryl/α,β-unsaturated/α-hetero) is 1. The number of anilines is 1. The first-order chi connectivity index (χ1) is 8.66. The second-order valence-corrected chi connectivity index (χ2v) is 4.27. The van der Waals surface area contributed by atoms with Gasteiger partial charge in [0.25, 0.3) is 0 Å². The van der Waals surface area contributed by atoms with Crippen LogP contribution in [0.2, 0.25) is 0 Å². The maximum absolute atomic E-state index is 11.9. The van der Waals surface area contributed by atoms with Crippen LogP contribution in [0.25, 0.3) is 0 Å². The third-order valence-corrected chi connectivity index (χ3v) is 2.87. The molecular weight excluding hydrogens is 228 g/mol. The standard InChI is InChI=1S/C14H16N2O2/c1-11(17)12-6-5-7-13(10-12)15-14(18)16-8-3-2-4-9-16/h2-3,5-7,10H,4,8-9H2,1H3,(H,15,18). The van der Waals surface area contributed by atoms with E-state index in [1.807, 2.05) is 6.08 Å². The number of ketones is 1. The maximum atomic E-state index is 11.9. The fourth-order valence-corrected chi connectivity index (χ4v) is 1.84. The van der Waals surface area contributed by atoms with E-state index in [0.717, 1.165) is 13.0 Å². The fourth-order valence-electron chi connectivity index (χ4n) is 1.84. The normalized spacial score (nSPS) is 14.4. The van der Waals surface area contributed by atoms with Gasteiger partial charge in [-0.15, -0.1) is 0 Å². The Labute approximate surface area is 106 Å². The summed E-state index contributed by atoms with van der Waals surface area (Å²) in [6.45, 7) is 2.88. The van der Waals surface area contributed by atoms with Gasteiger partial charge >= 0.3 is 6.03 Å². The Kier molecular flexibility index (Phi) is 3.77. The van der Waals surface area contributed by atoms with Crippen LogP contribution in [-0.2, 0) is 0 Å². The molecule has 4 nitrogen and oxygen atoms in total.